The highest BCUT2D eigenvalue weighted by Crippen LogP contribution is 2.27. The zero-order chi connectivity index (χ0) is 31.7. The molecule has 0 aliphatic heterocycles. The van der Waals surface area contributed by atoms with Gasteiger partial charge in [-0.05, 0) is 94.3 Å². The van der Waals surface area contributed by atoms with E-state index in [2.05, 4.69) is 30.9 Å². The van der Waals surface area contributed by atoms with Crippen molar-refractivity contribution in [3.8, 4) is 0 Å². The van der Waals surface area contributed by atoms with Crippen LogP contribution in [0.4, 0.5) is 34.9 Å². The molecule has 224 valence electrons. The quantitative estimate of drug-likeness (QED) is 0.102. The van der Waals surface area contributed by atoms with Crippen molar-refractivity contribution in [2.24, 2.45) is 0 Å². The number of anilines is 6. The van der Waals surface area contributed by atoms with Gasteiger partial charge >= 0.3 is 11.9 Å². The van der Waals surface area contributed by atoms with Gasteiger partial charge in [0.1, 0.15) is 0 Å². The molecule has 0 fully saturated rings. The van der Waals surface area contributed by atoms with Crippen molar-refractivity contribution < 1.29 is 32.8 Å². The normalized spacial score (nSPS) is 11.3. The maximum atomic E-state index is 11.4. The molecule has 45 heavy (non-hydrogen) atoms. The summed E-state index contributed by atoms with van der Waals surface area (Å²) in [5.74, 6) is -1.63. The minimum Gasteiger partial charge on any atom is -0.478 e. The molecule has 0 aliphatic carbocycles. The number of carbonyl (C=O) groups is 2. The largest absolute Gasteiger partial charge is 0.478 e. The Morgan fingerprint density at radius 3 is 1.27 bits per heavy atom. The number of hydrogen-bond donors (Lipinski definition) is 6. The van der Waals surface area contributed by atoms with E-state index in [4.69, 9.17) is 0 Å². The molecular formula is C31H22N6O7S. The third kappa shape index (κ3) is 6.61. The summed E-state index contributed by atoms with van der Waals surface area (Å²) in [6, 6.07) is 25.6. The molecule has 1 aromatic heterocycles. The van der Waals surface area contributed by atoms with Crippen LogP contribution in [-0.4, -0.2) is 50.1 Å². The SMILES string of the molecule is O=C(O)c1ccc2cc(Nc3nc(Nc4ccc(S(=O)(=O)O)cc4)nc(Nc4ccc5cc(C(=O)O)ccc5c4)n3)ccc2c1. The average Bonchev–Trinajstić information content (AvgIpc) is 3.00. The molecule has 0 amide bonds. The second-order valence-electron chi connectivity index (χ2n) is 9.84. The summed E-state index contributed by atoms with van der Waals surface area (Å²) in [6.07, 6.45) is 0. The van der Waals surface area contributed by atoms with Gasteiger partial charge in [-0.2, -0.15) is 23.4 Å². The number of benzene rings is 5. The number of aromatic nitrogens is 3. The summed E-state index contributed by atoms with van der Waals surface area (Å²) in [4.78, 5) is 35.8. The smallest absolute Gasteiger partial charge is 0.335 e. The number of hydrogen-bond acceptors (Lipinski definition) is 10. The maximum Gasteiger partial charge on any atom is 0.335 e. The number of carboxylic acids is 2. The third-order valence-corrected chi connectivity index (χ3v) is 7.60. The van der Waals surface area contributed by atoms with Crippen molar-refractivity contribution in [3.63, 3.8) is 0 Å². The Labute approximate surface area is 255 Å². The van der Waals surface area contributed by atoms with Gasteiger partial charge in [0.2, 0.25) is 17.8 Å². The summed E-state index contributed by atoms with van der Waals surface area (Å²) in [7, 11) is -4.37. The molecule has 14 heteroatoms. The van der Waals surface area contributed by atoms with E-state index in [-0.39, 0.29) is 33.9 Å². The van der Waals surface area contributed by atoms with Crippen LogP contribution >= 0.6 is 0 Å². The Balaban J connectivity index is 1.33. The molecular weight excluding hydrogens is 600 g/mol. The fourth-order valence-corrected chi connectivity index (χ4v) is 5.03. The lowest BCUT2D eigenvalue weighted by Gasteiger charge is -2.13. The minimum atomic E-state index is -4.37. The van der Waals surface area contributed by atoms with Crippen molar-refractivity contribution >= 4 is 78.5 Å². The fourth-order valence-electron chi connectivity index (χ4n) is 4.55. The van der Waals surface area contributed by atoms with Crippen LogP contribution in [0.15, 0.2) is 102 Å². The third-order valence-electron chi connectivity index (χ3n) is 6.73. The first kappa shape index (κ1) is 29.0. The highest BCUT2D eigenvalue weighted by Gasteiger charge is 2.13. The van der Waals surface area contributed by atoms with Crippen LogP contribution in [0.3, 0.4) is 0 Å². The minimum absolute atomic E-state index is 0.105. The van der Waals surface area contributed by atoms with Crippen molar-refractivity contribution in [3.05, 3.63) is 108 Å². The predicted octanol–water partition coefficient (Wildman–Crippen LogP) is 6.05. The van der Waals surface area contributed by atoms with Crippen LogP contribution in [0.1, 0.15) is 20.7 Å². The van der Waals surface area contributed by atoms with Gasteiger partial charge in [0.25, 0.3) is 10.1 Å². The zero-order valence-electron chi connectivity index (χ0n) is 23.0. The van der Waals surface area contributed by atoms with Crippen molar-refractivity contribution in [1.29, 1.82) is 0 Å². The Hall–Kier alpha value is -6.12. The average molecular weight is 623 g/mol. The lowest BCUT2D eigenvalue weighted by molar-refractivity contribution is 0.0686. The fraction of sp³-hybridized carbons (Fsp3) is 0. The van der Waals surface area contributed by atoms with E-state index < -0.39 is 22.1 Å². The second-order valence-corrected chi connectivity index (χ2v) is 11.3. The summed E-state index contributed by atoms with van der Waals surface area (Å²) in [5, 5.41) is 30.9. The number of rotatable bonds is 9. The van der Waals surface area contributed by atoms with E-state index in [9.17, 15) is 32.8 Å². The molecule has 0 atom stereocenters. The van der Waals surface area contributed by atoms with Gasteiger partial charge < -0.3 is 26.2 Å². The monoisotopic (exact) mass is 622 g/mol. The molecule has 6 aromatic rings. The highest BCUT2D eigenvalue weighted by atomic mass is 32.2. The summed E-state index contributed by atoms with van der Waals surface area (Å²) >= 11 is 0. The molecule has 6 rings (SSSR count). The molecule has 5 aromatic carbocycles. The van der Waals surface area contributed by atoms with E-state index in [1.165, 1.54) is 36.4 Å². The molecule has 0 spiro atoms. The molecule has 0 unspecified atom stereocenters. The molecule has 0 aliphatic rings. The topological polar surface area (TPSA) is 204 Å². The predicted molar refractivity (Wildman–Crippen MR) is 168 cm³/mol. The molecule has 0 saturated heterocycles. The van der Waals surface area contributed by atoms with Crippen LogP contribution in [0, 0.1) is 0 Å². The zero-order valence-corrected chi connectivity index (χ0v) is 23.8. The maximum absolute atomic E-state index is 11.4. The number of carboxylic acid groups (broad SMARTS) is 2. The highest BCUT2D eigenvalue weighted by molar-refractivity contribution is 7.85. The van der Waals surface area contributed by atoms with Gasteiger partial charge in [0, 0.05) is 17.1 Å². The van der Waals surface area contributed by atoms with Crippen LogP contribution in [0.5, 0.6) is 0 Å². The van der Waals surface area contributed by atoms with E-state index in [0.29, 0.717) is 17.1 Å². The van der Waals surface area contributed by atoms with E-state index >= 15 is 0 Å². The molecule has 0 saturated carbocycles. The van der Waals surface area contributed by atoms with Gasteiger partial charge in [-0.1, -0.05) is 24.3 Å². The summed E-state index contributed by atoms with van der Waals surface area (Å²) in [5.41, 5.74) is 2.02. The van der Waals surface area contributed by atoms with Crippen LogP contribution in [0.2, 0.25) is 0 Å². The van der Waals surface area contributed by atoms with Crippen LogP contribution < -0.4 is 16.0 Å². The summed E-state index contributed by atoms with van der Waals surface area (Å²) < 4.78 is 32.1. The Bertz CT molecular complexity index is 2130. The van der Waals surface area contributed by atoms with Crippen molar-refractivity contribution in [2.75, 3.05) is 16.0 Å². The lowest BCUT2D eigenvalue weighted by atomic mass is 10.1. The standard InChI is InChI=1S/C31H22N6O7S/c38-27(39)21-3-1-19-15-24(7-5-17(19)13-21)33-30-35-29(32-23-9-11-26(12-10-23)45(42,43)44)36-31(37-30)34-25-8-6-18-14-22(28(40)41)4-2-20(18)16-25/h1-16H,(H,38,39)(H,40,41)(H,42,43,44)(H3,32,33,34,35,36,37). The number of nitrogens with zero attached hydrogens (tertiary/aromatic N) is 3. The number of fused-ring (bicyclic) bond motifs is 2. The van der Waals surface area contributed by atoms with Gasteiger partial charge in [-0.3, -0.25) is 4.55 Å². The first-order chi connectivity index (χ1) is 21.5. The van der Waals surface area contributed by atoms with E-state index in [0.717, 1.165) is 21.5 Å². The van der Waals surface area contributed by atoms with E-state index in [1.807, 2.05) is 12.1 Å². The van der Waals surface area contributed by atoms with Gasteiger partial charge in [0.15, 0.2) is 0 Å². The number of nitrogens with one attached hydrogen (secondary N) is 3. The second kappa shape index (κ2) is 11.5. The van der Waals surface area contributed by atoms with E-state index in [1.54, 1.807) is 48.5 Å². The number of aromatic carboxylic acids is 2. The van der Waals surface area contributed by atoms with Gasteiger partial charge in [-0.25, -0.2) is 9.59 Å². The van der Waals surface area contributed by atoms with Crippen molar-refractivity contribution in [1.82, 2.24) is 15.0 Å². The Morgan fingerprint density at radius 2 is 0.867 bits per heavy atom. The molecule has 1 heterocycles. The first-order valence-electron chi connectivity index (χ1n) is 13.2. The molecule has 0 radical (unpaired) electrons. The van der Waals surface area contributed by atoms with Gasteiger partial charge in [0.05, 0.1) is 16.0 Å². The summed E-state index contributed by atoms with van der Waals surface area (Å²) in [6.45, 7) is 0. The van der Waals surface area contributed by atoms with Crippen LogP contribution in [0.25, 0.3) is 21.5 Å². The Morgan fingerprint density at radius 1 is 0.511 bits per heavy atom. The van der Waals surface area contributed by atoms with Crippen LogP contribution in [-0.2, 0) is 10.1 Å². The molecule has 6 N–H and O–H groups in total. The lowest BCUT2D eigenvalue weighted by Crippen LogP contribution is -2.07. The van der Waals surface area contributed by atoms with Gasteiger partial charge in [-0.15, -0.1) is 0 Å². The molecule has 13 nitrogen and oxygen atoms in total. The first-order valence-corrected chi connectivity index (χ1v) is 14.6. The van der Waals surface area contributed by atoms with Crippen molar-refractivity contribution in [2.45, 2.75) is 4.90 Å². The molecule has 0 bridgehead atoms. The Kier molecular flexibility index (Phi) is 7.42.